The molecule has 0 bridgehead atoms. The van der Waals surface area contributed by atoms with E-state index in [4.69, 9.17) is 11.6 Å². The summed E-state index contributed by atoms with van der Waals surface area (Å²) in [4.78, 5) is 0. The second-order valence-corrected chi connectivity index (χ2v) is 3.42. The molecule has 0 atom stereocenters. The molecule has 0 aliphatic carbocycles. The Morgan fingerprint density at radius 1 is 1.21 bits per heavy atom. The summed E-state index contributed by atoms with van der Waals surface area (Å²) in [6, 6.07) is 5.92. The summed E-state index contributed by atoms with van der Waals surface area (Å²) in [6.45, 7) is 0. The summed E-state index contributed by atoms with van der Waals surface area (Å²) < 4.78 is 20.3. The molecular formula is C8H5ClFN3S. The SMILES string of the molecule is Fc1ccc(Nc2nsnc2Cl)cc1. The normalized spacial score (nSPS) is 10.1. The van der Waals surface area contributed by atoms with Crippen molar-refractivity contribution in [2.75, 3.05) is 5.32 Å². The minimum absolute atomic E-state index is 0.280. The van der Waals surface area contributed by atoms with Crippen molar-refractivity contribution in [2.24, 2.45) is 0 Å². The van der Waals surface area contributed by atoms with Crippen LogP contribution in [0.25, 0.3) is 0 Å². The fourth-order valence-electron chi connectivity index (χ4n) is 0.922. The number of aromatic nitrogens is 2. The maximum Gasteiger partial charge on any atom is 0.187 e. The summed E-state index contributed by atoms with van der Waals surface area (Å²) in [5.41, 5.74) is 0.723. The van der Waals surface area contributed by atoms with Gasteiger partial charge in [-0.15, -0.1) is 0 Å². The third-order valence-electron chi connectivity index (χ3n) is 1.56. The Balaban J connectivity index is 2.19. The lowest BCUT2D eigenvalue weighted by atomic mass is 10.3. The lowest BCUT2D eigenvalue weighted by Crippen LogP contribution is -1.90. The van der Waals surface area contributed by atoms with Crippen LogP contribution in [0.15, 0.2) is 24.3 Å². The molecule has 1 N–H and O–H groups in total. The van der Waals surface area contributed by atoms with Crippen molar-refractivity contribution < 1.29 is 4.39 Å². The first kappa shape index (κ1) is 9.36. The molecule has 0 saturated carbocycles. The van der Waals surface area contributed by atoms with Gasteiger partial charge < -0.3 is 5.32 Å². The first-order valence-corrected chi connectivity index (χ1v) is 4.87. The Kier molecular flexibility index (Phi) is 2.60. The molecule has 0 aliphatic rings. The zero-order valence-electron chi connectivity index (χ0n) is 6.87. The smallest absolute Gasteiger partial charge is 0.187 e. The molecule has 0 unspecified atom stereocenters. The molecule has 1 heterocycles. The van der Waals surface area contributed by atoms with Crippen LogP contribution < -0.4 is 5.32 Å². The highest BCUT2D eigenvalue weighted by atomic mass is 35.5. The molecule has 2 rings (SSSR count). The Bertz CT molecular complexity index is 428. The molecule has 0 fully saturated rings. The van der Waals surface area contributed by atoms with Crippen molar-refractivity contribution in [2.45, 2.75) is 0 Å². The molecule has 0 amide bonds. The van der Waals surface area contributed by atoms with Crippen LogP contribution in [0.2, 0.25) is 5.15 Å². The average Bonchev–Trinajstić information content (AvgIpc) is 2.56. The summed E-state index contributed by atoms with van der Waals surface area (Å²) in [6.07, 6.45) is 0. The number of benzene rings is 1. The van der Waals surface area contributed by atoms with Crippen molar-refractivity contribution in [1.29, 1.82) is 0 Å². The van der Waals surface area contributed by atoms with Crippen LogP contribution in [-0.2, 0) is 0 Å². The number of halogens is 2. The van der Waals surface area contributed by atoms with Crippen LogP contribution in [0.5, 0.6) is 0 Å². The number of hydrogen-bond donors (Lipinski definition) is 1. The van der Waals surface area contributed by atoms with Gasteiger partial charge in [-0.2, -0.15) is 8.75 Å². The van der Waals surface area contributed by atoms with E-state index in [1.807, 2.05) is 0 Å². The van der Waals surface area contributed by atoms with Crippen LogP contribution in [0.1, 0.15) is 0 Å². The van der Waals surface area contributed by atoms with Crippen molar-refractivity contribution in [3.63, 3.8) is 0 Å². The van der Waals surface area contributed by atoms with Gasteiger partial charge in [-0.05, 0) is 24.3 Å². The molecule has 1 aromatic carbocycles. The fourth-order valence-corrected chi connectivity index (χ4v) is 1.57. The van der Waals surface area contributed by atoms with E-state index in [0.29, 0.717) is 11.0 Å². The molecule has 72 valence electrons. The first-order valence-electron chi connectivity index (χ1n) is 3.76. The number of rotatable bonds is 2. The van der Waals surface area contributed by atoms with E-state index >= 15 is 0 Å². The zero-order chi connectivity index (χ0) is 9.97. The van der Waals surface area contributed by atoms with E-state index in [-0.39, 0.29) is 5.82 Å². The average molecular weight is 230 g/mol. The molecule has 1 aromatic heterocycles. The van der Waals surface area contributed by atoms with E-state index in [0.717, 1.165) is 17.4 Å². The van der Waals surface area contributed by atoms with E-state index in [9.17, 15) is 4.39 Å². The number of nitrogens with zero attached hydrogens (tertiary/aromatic N) is 2. The summed E-state index contributed by atoms with van der Waals surface area (Å²) in [7, 11) is 0. The Labute approximate surface area is 88.9 Å². The van der Waals surface area contributed by atoms with Gasteiger partial charge in [0.2, 0.25) is 0 Å². The van der Waals surface area contributed by atoms with Gasteiger partial charge in [0.15, 0.2) is 11.0 Å². The van der Waals surface area contributed by atoms with Crippen LogP contribution in [-0.4, -0.2) is 8.75 Å². The van der Waals surface area contributed by atoms with E-state index < -0.39 is 0 Å². The van der Waals surface area contributed by atoms with Crippen molar-refractivity contribution >= 4 is 34.8 Å². The maximum absolute atomic E-state index is 12.6. The van der Waals surface area contributed by atoms with E-state index in [2.05, 4.69) is 14.1 Å². The van der Waals surface area contributed by atoms with Crippen molar-refractivity contribution in [3.05, 3.63) is 35.2 Å². The van der Waals surface area contributed by atoms with Gasteiger partial charge in [0.1, 0.15) is 5.82 Å². The third kappa shape index (κ3) is 2.00. The minimum atomic E-state index is -0.280. The largest absolute Gasteiger partial charge is 0.337 e. The molecule has 14 heavy (non-hydrogen) atoms. The lowest BCUT2D eigenvalue weighted by Gasteiger charge is -2.01. The fraction of sp³-hybridized carbons (Fsp3) is 0. The quantitative estimate of drug-likeness (QED) is 0.860. The van der Waals surface area contributed by atoms with Gasteiger partial charge >= 0.3 is 0 Å². The molecule has 0 radical (unpaired) electrons. The van der Waals surface area contributed by atoms with Gasteiger partial charge in [-0.25, -0.2) is 4.39 Å². The van der Waals surface area contributed by atoms with Crippen molar-refractivity contribution in [3.8, 4) is 0 Å². The zero-order valence-corrected chi connectivity index (χ0v) is 8.44. The van der Waals surface area contributed by atoms with Gasteiger partial charge in [0.25, 0.3) is 0 Å². The highest BCUT2D eigenvalue weighted by Gasteiger charge is 2.04. The van der Waals surface area contributed by atoms with Crippen LogP contribution >= 0.6 is 23.3 Å². The van der Waals surface area contributed by atoms with Gasteiger partial charge in [0.05, 0.1) is 11.7 Å². The number of nitrogens with one attached hydrogen (secondary N) is 1. The molecule has 2 aromatic rings. The molecule has 0 saturated heterocycles. The highest BCUT2D eigenvalue weighted by molar-refractivity contribution is 6.99. The second kappa shape index (κ2) is 3.89. The van der Waals surface area contributed by atoms with Gasteiger partial charge in [-0.3, -0.25) is 0 Å². The predicted molar refractivity (Wildman–Crippen MR) is 54.6 cm³/mol. The molecular weight excluding hydrogens is 225 g/mol. The van der Waals surface area contributed by atoms with Crippen LogP contribution in [0.3, 0.4) is 0 Å². The molecule has 0 aliphatic heterocycles. The molecule has 0 spiro atoms. The minimum Gasteiger partial charge on any atom is -0.337 e. The predicted octanol–water partition coefficient (Wildman–Crippen LogP) is 3.07. The summed E-state index contributed by atoms with van der Waals surface area (Å²) in [5.74, 6) is 0.210. The van der Waals surface area contributed by atoms with Crippen LogP contribution in [0.4, 0.5) is 15.9 Å². The highest BCUT2D eigenvalue weighted by Crippen LogP contribution is 2.22. The summed E-state index contributed by atoms with van der Waals surface area (Å²) in [5, 5.41) is 3.24. The lowest BCUT2D eigenvalue weighted by molar-refractivity contribution is 0.628. The standard InChI is InChI=1S/C8H5ClFN3S/c9-7-8(13-14-12-7)11-6-3-1-5(10)2-4-6/h1-4H,(H,11,13). The van der Waals surface area contributed by atoms with E-state index in [1.165, 1.54) is 12.1 Å². The second-order valence-electron chi connectivity index (χ2n) is 2.54. The topological polar surface area (TPSA) is 37.8 Å². The van der Waals surface area contributed by atoms with E-state index in [1.54, 1.807) is 12.1 Å². The van der Waals surface area contributed by atoms with Gasteiger partial charge in [-0.1, -0.05) is 11.6 Å². The summed E-state index contributed by atoms with van der Waals surface area (Å²) >= 11 is 6.74. The molecule has 3 nitrogen and oxygen atoms in total. The monoisotopic (exact) mass is 229 g/mol. The first-order chi connectivity index (χ1) is 6.75. The Morgan fingerprint density at radius 3 is 2.50 bits per heavy atom. The Morgan fingerprint density at radius 2 is 1.93 bits per heavy atom. The third-order valence-corrected chi connectivity index (χ3v) is 2.45. The van der Waals surface area contributed by atoms with Gasteiger partial charge in [0, 0.05) is 5.69 Å². The Hall–Kier alpha value is -1.20. The maximum atomic E-state index is 12.6. The number of anilines is 2. The van der Waals surface area contributed by atoms with Crippen molar-refractivity contribution in [1.82, 2.24) is 8.75 Å². The number of hydrogen-bond acceptors (Lipinski definition) is 4. The molecule has 6 heteroatoms. The van der Waals surface area contributed by atoms with Crippen LogP contribution in [0, 0.1) is 5.82 Å².